The Morgan fingerprint density at radius 2 is 1.72 bits per heavy atom. The molecule has 0 aliphatic heterocycles. The van der Waals surface area contributed by atoms with Gasteiger partial charge >= 0.3 is 0 Å². The number of ether oxygens (including phenoxy) is 1. The lowest BCUT2D eigenvalue weighted by molar-refractivity contribution is 0.0237. The average molecular weight is 255 g/mol. The molecule has 0 spiro atoms. The Bertz CT molecular complexity index is 186. The van der Waals surface area contributed by atoms with E-state index in [1.165, 1.54) is 38.5 Å². The summed E-state index contributed by atoms with van der Waals surface area (Å²) in [6, 6.07) is 0. The van der Waals surface area contributed by atoms with Gasteiger partial charge in [0.15, 0.2) is 0 Å². The Balaban J connectivity index is 2.13. The van der Waals surface area contributed by atoms with Gasteiger partial charge in [-0.3, -0.25) is 0 Å². The third-order valence-corrected chi connectivity index (χ3v) is 3.92. The second kappa shape index (κ2) is 9.80. The van der Waals surface area contributed by atoms with Crippen molar-refractivity contribution in [2.45, 2.75) is 71.8 Å². The van der Waals surface area contributed by atoms with Gasteiger partial charge in [0.1, 0.15) is 0 Å². The maximum atomic E-state index is 6.11. The molecule has 2 heteroatoms. The van der Waals surface area contributed by atoms with Crippen molar-refractivity contribution in [3.63, 3.8) is 0 Å². The van der Waals surface area contributed by atoms with Gasteiger partial charge in [-0.05, 0) is 37.6 Å². The summed E-state index contributed by atoms with van der Waals surface area (Å²) in [6.07, 6.45) is 10.00. The summed E-state index contributed by atoms with van der Waals surface area (Å²) in [5.41, 5.74) is 0. The van der Waals surface area contributed by atoms with Crippen LogP contribution in [0.3, 0.4) is 0 Å². The molecule has 0 radical (unpaired) electrons. The summed E-state index contributed by atoms with van der Waals surface area (Å²) >= 11 is 0. The van der Waals surface area contributed by atoms with Gasteiger partial charge in [0.05, 0.1) is 6.10 Å². The molecule has 1 aliphatic carbocycles. The SMILES string of the molecule is CCC(CNCC(C)C)OCC1CCCCCC1. The average Bonchev–Trinajstić information content (AvgIpc) is 2.61. The smallest absolute Gasteiger partial charge is 0.0696 e. The number of nitrogens with one attached hydrogen (secondary N) is 1. The standard InChI is InChI=1S/C16H33NO/c1-4-16(12-17-11-14(2)3)18-13-15-9-7-5-6-8-10-15/h14-17H,4-13H2,1-3H3. The fourth-order valence-corrected chi connectivity index (χ4v) is 2.66. The van der Waals surface area contributed by atoms with Crippen LogP contribution in [0.15, 0.2) is 0 Å². The van der Waals surface area contributed by atoms with Crippen LogP contribution in [-0.4, -0.2) is 25.8 Å². The van der Waals surface area contributed by atoms with E-state index in [0.29, 0.717) is 6.10 Å². The summed E-state index contributed by atoms with van der Waals surface area (Å²) in [7, 11) is 0. The van der Waals surface area contributed by atoms with Crippen LogP contribution in [0.5, 0.6) is 0 Å². The van der Waals surface area contributed by atoms with Crippen molar-refractivity contribution in [1.82, 2.24) is 5.32 Å². The van der Waals surface area contributed by atoms with Crippen LogP contribution in [-0.2, 0) is 4.74 Å². The Morgan fingerprint density at radius 3 is 2.28 bits per heavy atom. The molecule has 0 saturated heterocycles. The predicted molar refractivity (Wildman–Crippen MR) is 78.9 cm³/mol. The van der Waals surface area contributed by atoms with Crippen molar-refractivity contribution in [3.05, 3.63) is 0 Å². The summed E-state index contributed by atoms with van der Waals surface area (Å²) in [5, 5.41) is 3.51. The molecule has 0 heterocycles. The lowest BCUT2D eigenvalue weighted by atomic mass is 10.0. The van der Waals surface area contributed by atoms with Gasteiger partial charge in [-0.2, -0.15) is 0 Å². The van der Waals surface area contributed by atoms with Crippen LogP contribution in [0.4, 0.5) is 0 Å². The zero-order valence-electron chi connectivity index (χ0n) is 12.7. The van der Waals surface area contributed by atoms with E-state index in [4.69, 9.17) is 4.74 Å². The summed E-state index contributed by atoms with van der Waals surface area (Å²) < 4.78 is 6.11. The topological polar surface area (TPSA) is 21.3 Å². The third-order valence-electron chi connectivity index (χ3n) is 3.92. The van der Waals surface area contributed by atoms with Crippen LogP contribution >= 0.6 is 0 Å². The van der Waals surface area contributed by atoms with Crippen LogP contribution in [0, 0.1) is 11.8 Å². The van der Waals surface area contributed by atoms with E-state index in [2.05, 4.69) is 26.1 Å². The van der Waals surface area contributed by atoms with E-state index in [1.54, 1.807) is 0 Å². The second-order valence-electron chi connectivity index (χ2n) is 6.27. The molecule has 0 aromatic heterocycles. The number of hydrogen-bond donors (Lipinski definition) is 1. The monoisotopic (exact) mass is 255 g/mol. The van der Waals surface area contributed by atoms with Crippen molar-refractivity contribution in [1.29, 1.82) is 0 Å². The molecule has 1 atom stereocenters. The Morgan fingerprint density at radius 1 is 1.06 bits per heavy atom. The normalized spacial score (nSPS) is 20.0. The highest BCUT2D eigenvalue weighted by molar-refractivity contribution is 4.66. The molecule has 0 aromatic carbocycles. The van der Waals surface area contributed by atoms with E-state index < -0.39 is 0 Å². The highest BCUT2D eigenvalue weighted by Gasteiger charge is 2.14. The minimum atomic E-state index is 0.409. The first-order valence-corrected chi connectivity index (χ1v) is 8.04. The third kappa shape index (κ3) is 7.38. The molecule has 1 N–H and O–H groups in total. The summed E-state index contributed by atoms with van der Waals surface area (Å²) in [4.78, 5) is 0. The van der Waals surface area contributed by atoms with Gasteiger partial charge in [0.2, 0.25) is 0 Å². The van der Waals surface area contributed by atoms with Crippen LogP contribution in [0.1, 0.15) is 65.7 Å². The van der Waals surface area contributed by atoms with E-state index in [9.17, 15) is 0 Å². The molecule has 0 aromatic rings. The van der Waals surface area contributed by atoms with E-state index in [0.717, 1.165) is 38.0 Å². The van der Waals surface area contributed by atoms with E-state index in [1.807, 2.05) is 0 Å². The molecule has 108 valence electrons. The van der Waals surface area contributed by atoms with Crippen molar-refractivity contribution in [3.8, 4) is 0 Å². The highest BCUT2D eigenvalue weighted by atomic mass is 16.5. The number of rotatable bonds is 8. The molecule has 18 heavy (non-hydrogen) atoms. The quantitative estimate of drug-likeness (QED) is 0.662. The predicted octanol–water partition coefficient (Wildman–Crippen LogP) is 4.00. The van der Waals surface area contributed by atoms with Crippen molar-refractivity contribution in [2.75, 3.05) is 19.7 Å². The van der Waals surface area contributed by atoms with Gasteiger partial charge in [0, 0.05) is 13.2 Å². The van der Waals surface area contributed by atoms with Crippen LogP contribution in [0.25, 0.3) is 0 Å². The first-order chi connectivity index (χ1) is 8.72. The fourth-order valence-electron chi connectivity index (χ4n) is 2.66. The Labute approximate surface area is 114 Å². The highest BCUT2D eigenvalue weighted by Crippen LogP contribution is 2.23. The molecular formula is C16H33NO. The van der Waals surface area contributed by atoms with E-state index in [-0.39, 0.29) is 0 Å². The van der Waals surface area contributed by atoms with Crippen LogP contribution < -0.4 is 5.32 Å². The van der Waals surface area contributed by atoms with Crippen molar-refractivity contribution in [2.24, 2.45) is 11.8 Å². The Kier molecular flexibility index (Phi) is 8.70. The molecule has 0 amide bonds. The minimum Gasteiger partial charge on any atom is -0.377 e. The second-order valence-corrected chi connectivity index (χ2v) is 6.27. The fraction of sp³-hybridized carbons (Fsp3) is 1.00. The first-order valence-electron chi connectivity index (χ1n) is 8.04. The van der Waals surface area contributed by atoms with Gasteiger partial charge in [-0.15, -0.1) is 0 Å². The molecule has 0 bridgehead atoms. The number of hydrogen-bond acceptors (Lipinski definition) is 2. The maximum absolute atomic E-state index is 6.11. The molecule has 1 rings (SSSR count). The molecule has 1 unspecified atom stereocenters. The van der Waals surface area contributed by atoms with Gasteiger partial charge in [-0.1, -0.05) is 46.5 Å². The Hall–Kier alpha value is -0.0800. The largest absolute Gasteiger partial charge is 0.377 e. The molecule has 2 nitrogen and oxygen atoms in total. The maximum Gasteiger partial charge on any atom is 0.0696 e. The van der Waals surface area contributed by atoms with Gasteiger partial charge in [0.25, 0.3) is 0 Å². The lowest BCUT2D eigenvalue weighted by Gasteiger charge is -2.21. The molecular weight excluding hydrogens is 222 g/mol. The zero-order valence-corrected chi connectivity index (χ0v) is 12.7. The lowest BCUT2D eigenvalue weighted by Crippen LogP contribution is -2.32. The molecule has 1 aliphatic rings. The summed E-state index contributed by atoms with van der Waals surface area (Å²) in [5.74, 6) is 1.55. The van der Waals surface area contributed by atoms with Crippen molar-refractivity contribution >= 4 is 0 Å². The molecule has 1 saturated carbocycles. The first kappa shape index (κ1) is 16.0. The molecule has 1 fully saturated rings. The van der Waals surface area contributed by atoms with E-state index >= 15 is 0 Å². The zero-order chi connectivity index (χ0) is 13.2. The minimum absolute atomic E-state index is 0.409. The van der Waals surface area contributed by atoms with Crippen molar-refractivity contribution < 1.29 is 4.74 Å². The summed E-state index contributed by atoms with van der Waals surface area (Å²) in [6.45, 7) is 9.84. The van der Waals surface area contributed by atoms with Gasteiger partial charge in [-0.25, -0.2) is 0 Å². The van der Waals surface area contributed by atoms with Crippen LogP contribution in [0.2, 0.25) is 0 Å². The van der Waals surface area contributed by atoms with Gasteiger partial charge < -0.3 is 10.1 Å².